The summed E-state index contributed by atoms with van der Waals surface area (Å²) in [6, 6.07) is 12.4. The lowest BCUT2D eigenvalue weighted by atomic mass is 10.1. The smallest absolute Gasteiger partial charge is 0.338 e. The number of rotatable bonds is 4. The molecule has 0 atom stereocenters. The van der Waals surface area contributed by atoms with E-state index < -0.39 is 22.6 Å². The lowest BCUT2D eigenvalue weighted by Gasteiger charge is -2.04. The van der Waals surface area contributed by atoms with Crippen molar-refractivity contribution in [1.29, 1.82) is 0 Å². The van der Waals surface area contributed by atoms with Gasteiger partial charge in [0.2, 0.25) is 4.69 Å². The maximum Gasteiger partial charge on any atom is 0.338 e. The molecule has 2 aromatic carbocycles. The monoisotopic (exact) mass is 422 g/mol. The van der Waals surface area contributed by atoms with Crippen molar-refractivity contribution in [2.45, 2.75) is 0 Å². The predicted octanol–water partition coefficient (Wildman–Crippen LogP) is 3.18. The fourth-order valence-electron chi connectivity index (χ4n) is 1.90. The number of hydrogen-bond acceptors (Lipinski definition) is 6. The van der Waals surface area contributed by atoms with Gasteiger partial charge in [-0.2, -0.15) is 0 Å². The Labute approximate surface area is 157 Å². The van der Waals surface area contributed by atoms with Crippen LogP contribution in [0.15, 0.2) is 48.5 Å². The van der Waals surface area contributed by atoms with E-state index in [2.05, 4.69) is 25.4 Å². The third-order valence-corrected chi connectivity index (χ3v) is 3.53. The molecule has 2 rings (SSSR count). The number of aromatic carboxylic acids is 1. The molecule has 0 aliphatic rings. The highest BCUT2D eigenvalue weighted by atomic mass is 79.9. The maximum absolute atomic E-state index is 11.2. The number of carbonyl (C=O) groups excluding carboxylic acids is 3. The van der Waals surface area contributed by atoms with Gasteiger partial charge in [0, 0.05) is 5.56 Å². The molecular weight excluding hydrogens is 408 g/mol. The first kappa shape index (κ1) is 21.0. The van der Waals surface area contributed by atoms with Crippen molar-refractivity contribution >= 4 is 38.5 Å². The van der Waals surface area contributed by atoms with Crippen LogP contribution in [-0.4, -0.2) is 41.9 Å². The number of carboxylic acids is 1. The van der Waals surface area contributed by atoms with Gasteiger partial charge in [-0.05, 0) is 40.2 Å². The molecule has 0 unspecified atom stereocenters. The average molecular weight is 423 g/mol. The van der Waals surface area contributed by atoms with Gasteiger partial charge in [-0.25, -0.2) is 14.4 Å². The maximum atomic E-state index is 11.2. The van der Waals surface area contributed by atoms with Gasteiger partial charge in [0.1, 0.15) is 0 Å². The van der Waals surface area contributed by atoms with Gasteiger partial charge in [0.15, 0.2) is 0 Å². The molecule has 26 heavy (non-hydrogen) atoms. The highest BCUT2D eigenvalue weighted by Gasteiger charge is 2.16. The van der Waals surface area contributed by atoms with Crippen molar-refractivity contribution < 1.29 is 33.8 Å². The first-order valence-corrected chi connectivity index (χ1v) is 7.90. The Morgan fingerprint density at radius 3 is 1.35 bits per heavy atom. The second-order valence-corrected chi connectivity index (χ2v) is 5.37. The molecule has 8 heteroatoms. The molecule has 0 aliphatic carbocycles. The van der Waals surface area contributed by atoms with Gasteiger partial charge >= 0.3 is 17.9 Å². The molecule has 0 saturated heterocycles. The first-order valence-electron chi connectivity index (χ1n) is 7.11. The molecule has 0 aliphatic heterocycles. The van der Waals surface area contributed by atoms with Crippen molar-refractivity contribution in [3.63, 3.8) is 0 Å². The number of methoxy groups -OCH3 is 2. The fourth-order valence-corrected chi connectivity index (χ4v) is 2.25. The van der Waals surface area contributed by atoms with Crippen molar-refractivity contribution in [3.8, 4) is 0 Å². The van der Waals surface area contributed by atoms with E-state index in [1.54, 1.807) is 24.3 Å². The van der Waals surface area contributed by atoms with E-state index in [0.29, 0.717) is 0 Å². The lowest BCUT2D eigenvalue weighted by Crippen LogP contribution is -2.11. The highest BCUT2D eigenvalue weighted by Crippen LogP contribution is 2.12. The molecule has 0 amide bonds. The van der Waals surface area contributed by atoms with Gasteiger partial charge < -0.3 is 14.6 Å². The zero-order valence-electron chi connectivity index (χ0n) is 13.9. The summed E-state index contributed by atoms with van der Waals surface area (Å²) >= 11 is 2.70. The number of benzene rings is 2. The summed E-state index contributed by atoms with van der Waals surface area (Å²) in [4.78, 5) is 43.8. The number of hydrogen-bond donors (Lipinski definition) is 1. The van der Waals surface area contributed by atoms with Gasteiger partial charge in [-0.1, -0.05) is 24.3 Å². The zero-order chi connectivity index (χ0) is 19.7. The van der Waals surface area contributed by atoms with Gasteiger partial charge in [0.05, 0.1) is 30.9 Å². The quantitative estimate of drug-likeness (QED) is 0.595. The summed E-state index contributed by atoms with van der Waals surface area (Å²) in [6.07, 6.45) is 0. The molecule has 1 N–H and O–H groups in total. The van der Waals surface area contributed by atoms with Gasteiger partial charge in [-0.15, -0.1) is 0 Å². The number of esters is 2. The van der Waals surface area contributed by atoms with Crippen molar-refractivity contribution in [3.05, 3.63) is 70.8 Å². The van der Waals surface area contributed by atoms with E-state index in [1.807, 2.05) is 0 Å². The second kappa shape index (κ2) is 10.1. The van der Waals surface area contributed by atoms with E-state index in [1.165, 1.54) is 38.5 Å². The van der Waals surface area contributed by atoms with E-state index in [4.69, 9.17) is 5.11 Å². The lowest BCUT2D eigenvalue weighted by molar-refractivity contribution is 0.0555. The first-order chi connectivity index (χ1) is 12.3. The Morgan fingerprint density at radius 2 is 1.08 bits per heavy atom. The minimum absolute atomic E-state index is 0.0133. The van der Waals surface area contributed by atoms with Crippen LogP contribution in [0.1, 0.15) is 41.4 Å². The number of ether oxygens (including phenoxy) is 2. The van der Waals surface area contributed by atoms with Crippen LogP contribution in [0.4, 0.5) is 0 Å². The molecule has 0 spiro atoms. The Hall–Kier alpha value is -3.00. The number of carboxylic acid groups (broad SMARTS) is 1. The van der Waals surface area contributed by atoms with Crippen LogP contribution in [0.2, 0.25) is 0 Å². The standard InChI is InChI=1S/C10H10O4.C8H5BrO3/c1-13-9(11)7-5-3-4-6-8(7)10(12)14-2;9-7(10)5-3-1-2-4-6(5)8(11)12/h3-6H,1-2H3;1-4H,(H,11,12). The molecule has 2 aromatic rings. The van der Waals surface area contributed by atoms with Gasteiger partial charge in [0.25, 0.3) is 0 Å². The number of halogens is 1. The van der Waals surface area contributed by atoms with Crippen molar-refractivity contribution in [1.82, 2.24) is 0 Å². The van der Waals surface area contributed by atoms with Crippen molar-refractivity contribution in [2.75, 3.05) is 14.2 Å². The predicted molar refractivity (Wildman–Crippen MR) is 95.8 cm³/mol. The molecule has 0 aromatic heterocycles. The van der Waals surface area contributed by atoms with Crippen LogP contribution in [0, 0.1) is 0 Å². The number of carbonyl (C=O) groups is 4. The van der Waals surface area contributed by atoms with Gasteiger partial charge in [-0.3, -0.25) is 4.79 Å². The summed E-state index contributed by atoms with van der Waals surface area (Å²) in [6.45, 7) is 0. The highest BCUT2D eigenvalue weighted by molar-refractivity contribution is 9.18. The molecule has 7 nitrogen and oxygen atoms in total. The van der Waals surface area contributed by atoms with E-state index in [0.717, 1.165) is 0 Å². The third kappa shape index (κ3) is 5.52. The Kier molecular flexibility index (Phi) is 8.17. The molecule has 0 heterocycles. The summed E-state index contributed by atoms with van der Waals surface area (Å²) in [5.74, 6) is -2.20. The van der Waals surface area contributed by atoms with Crippen LogP contribution in [0.3, 0.4) is 0 Å². The summed E-state index contributed by atoms with van der Waals surface area (Å²) in [5, 5.41) is 8.64. The average Bonchev–Trinajstić information content (AvgIpc) is 2.67. The van der Waals surface area contributed by atoms with Crippen LogP contribution in [0.5, 0.6) is 0 Å². The molecule has 136 valence electrons. The zero-order valence-corrected chi connectivity index (χ0v) is 15.5. The molecular formula is C18H15BrO7. The van der Waals surface area contributed by atoms with E-state index >= 15 is 0 Å². The Morgan fingerprint density at radius 1 is 0.731 bits per heavy atom. The Bertz CT molecular complexity index is 762. The topological polar surface area (TPSA) is 107 Å². The second-order valence-electron chi connectivity index (χ2n) is 4.65. The normalized spacial score (nSPS) is 9.35. The van der Waals surface area contributed by atoms with E-state index in [-0.39, 0.29) is 22.3 Å². The van der Waals surface area contributed by atoms with Crippen LogP contribution in [-0.2, 0) is 9.47 Å². The minimum atomic E-state index is -1.10. The molecule has 0 radical (unpaired) electrons. The van der Waals surface area contributed by atoms with Crippen molar-refractivity contribution in [2.24, 2.45) is 0 Å². The molecule has 0 fully saturated rings. The van der Waals surface area contributed by atoms with Crippen LogP contribution >= 0.6 is 15.9 Å². The van der Waals surface area contributed by atoms with E-state index in [9.17, 15) is 19.2 Å². The molecule has 0 bridgehead atoms. The van der Waals surface area contributed by atoms with Crippen LogP contribution in [0.25, 0.3) is 0 Å². The largest absolute Gasteiger partial charge is 0.478 e. The third-order valence-electron chi connectivity index (χ3n) is 3.11. The molecule has 0 saturated carbocycles. The Balaban J connectivity index is 0.000000263. The van der Waals surface area contributed by atoms with Crippen LogP contribution < -0.4 is 0 Å². The summed E-state index contributed by atoms with van der Waals surface area (Å²) in [5.41, 5.74) is 0.605. The fraction of sp³-hybridized carbons (Fsp3) is 0.111. The summed E-state index contributed by atoms with van der Waals surface area (Å²) < 4.78 is 8.63. The summed E-state index contributed by atoms with van der Waals surface area (Å²) in [7, 11) is 2.52. The minimum Gasteiger partial charge on any atom is -0.478 e. The SMILES string of the molecule is COC(=O)c1ccccc1C(=O)OC.O=C(O)c1ccccc1C(=O)Br.